The standard InChI is InChI=1S/C17H15N3S2/c1-11-4-6-12(7-5-11)16-13(9-18)20-14(10-22-17(20)19-16)15-3-2-8-21-15/h2-8,10H,9,18H2,1H3. The van der Waals surface area contributed by atoms with Gasteiger partial charge in [0.05, 0.1) is 22.0 Å². The quantitative estimate of drug-likeness (QED) is 0.600. The number of benzene rings is 1. The average molecular weight is 325 g/mol. The minimum absolute atomic E-state index is 0.472. The van der Waals surface area contributed by atoms with E-state index in [1.54, 1.807) is 22.7 Å². The molecule has 3 nitrogen and oxygen atoms in total. The summed E-state index contributed by atoms with van der Waals surface area (Å²) in [6.07, 6.45) is 0. The minimum Gasteiger partial charge on any atom is -0.325 e. The van der Waals surface area contributed by atoms with E-state index in [1.807, 2.05) is 0 Å². The topological polar surface area (TPSA) is 43.3 Å². The third kappa shape index (κ3) is 2.09. The summed E-state index contributed by atoms with van der Waals surface area (Å²) in [5.74, 6) is 0. The SMILES string of the molecule is Cc1ccc(-c2nc3scc(-c4cccs4)n3c2CN)cc1. The summed E-state index contributed by atoms with van der Waals surface area (Å²) in [5, 5.41) is 4.25. The number of thiophene rings is 1. The molecule has 0 amide bonds. The van der Waals surface area contributed by atoms with Gasteiger partial charge in [-0.25, -0.2) is 4.98 Å². The number of rotatable bonds is 3. The molecule has 0 aliphatic heterocycles. The lowest BCUT2D eigenvalue weighted by atomic mass is 10.1. The Balaban J connectivity index is 1.96. The van der Waals surface area contributed by atoms with Crippen LogP contribution >= 0.6 is 22.7 Å². The highest BCUT2D eigenvalue weighted by Crippen LogP contribution is 2.34. The molecular weight excluding hydrogens is 310 g/mol. The molecule has 0 bridgehead atoms. The number of fused-ring (bicyclic) bond motifs is 1. The van der Waals surface area contributed by atoms with Gasteiger partial charge in [0.1, 0.15) is 0 Å². The molecule has 0 unspecified atom stereocenters. The summed E-state index contributed by atoms with van der Waals surface area (Å²) in [4.78, 5) is 7.06. The van der Waals surface area contributed by atoms with Crippen LogP contribution < -0.4 is 5.73 Å². The highest BCUT2D eigenvalue weighted by molar-refractivity contribution is 7.17. The highest BCUT2D eigenvalue weighted by atomic mass is 32.1. The van der Waals surface area contributed by atoms with E-state index >= 15 is 0 Å². The van der Waals surface area contributed by atoms with Crippen molar-refractivity contribution in [1.29, 1.82) is 0 Å². The lowest BCUT2D eigenvalue weighted by Gasteiger charge is -2.04. The highest BCUT2D eigenvalue weighted by Gasteiger charge is 2.18. The van der Waals surface area contributed by atoms with Gasteiger partial charge in [-0.3, -0.25) is 4.40 Å². The van der Waals surface area contributed by atoms with Gasteiger partial charge in [0.25, 0.3) is 0 Å². The van der Waals surface area contributed by atoms with Crippen molar-refractivity contribution in [3.63, 3.8) is 0 Å². The molecule has 0 aliphatic carbocycles. The van der Waals surface area contributed by atoms with Gasteiger partial charge in [0.15, 0.2) is 4.96 Å². The third-order valence-electron chi connectivity index (χ3n) is 3.75. The summed E-state index contributed by atoms with van der Waals surface area (Å²) < 4.78 is 2.20. The maximum Gasteiger partial charge on any atom is 0.195 e. The normalized spacial score (nSPS) is 11.4. The minimum atomic E-state index is 0.472. The van der Waals surface area contributed by atoms with E-state index in [0.29, 0.717) is 6.54 Å². The van der Waals surface area contributed by atoms with Gasteiger partial charge in [0.2, 0.25) is 0 Å². The Kier molecular flexibility index (Phi) is 3.33. The van der Waals surface area contributed by atoms with Crippen molar-refractivity contribution in [3.05, 3.63) is 58.4 Å². The lowest BCUT2D eigenvalue weighted by Crippen LogP contribution is -2.03. The van der Waals surface area contributed by atoms with E-state index in [2.05, 4.69) is 58.5 Å². The fraction of sp³-hybridized carbons (Fsp3) is 0.118. The van der Waals surface area contributed by atoms with Crippen molar-refractivity contribution in [2.45, 2.75) is 13.5 Å². The largest absolute Gasteiger partial charge is 0.325 e. The molecule has 0 radical (unpaired) electrons. The Morgan fingerprint density at radius 1 is 1.14 bits per heavy atom. The molecule has 0 aliphatic rings. The second kappa shape index (κ2) is 5.35. The average Bonchev–Trinajstić information content (AvgIpc) is 3.23. The first-order valence-electron chi connectivity index (χ1n) is 7.07. The molecule has 4 rings (SSSR count). The zero-order valence-electron chi connectivity index (χ0n) is 12.1. The van der Waals surface area contributed by atoms with Crippen LogP contribution in [-0.2, 0) is 6.54 Å². The summed E-state index contributed by atoms with van der Waals surface area (Å²) in [6.45, 7) is 2.56. The molecule has 2 N–H and O–H groups in total. The van der Waals surface area contributed by atoms with E-state index in [4.69, 9.17) is 10.7 Å². The van der Waals surface area contributed by atoms with Crippen molar-refractivity contribution in [2.24, 2.45) is 5.73 Å². The van der Waals surface area contributed by atoms with Gasteiger partial charge in [0, 0.05) is 17.5 Å². The maximum atomic E-state index is 6.06. The molecule has 0 saturated heterocycles. The third-order valence-corrected chi connectivity index (χ3v) is 5.47. The number of aryl methyl sites for hydroxylation is 1. The molecule has 3 heterocycles. The molecule has 22 heavy (non-hydrogen) atoms. The van der Waals surface area contributed by atoms with Gasteiger partial charge < -0.3 is 5.73 Å². The van der Waals surface area contributed by atoms with Crippen molar-refractivity contribution >= 4 is 27.6 Å². The summed E-state index contributed by atoms with van der Waals surface area (Å²) >= 11 is 3.40. The Hall–Kier alpha value is -1.95. The number of aromatic nitrogens is 2. The van der Waals surface area contributed by atoms with Crippen molar-refractivity contribution < 1.29 is 0 Å². The van der Waals surface area contributed by atoms with Gasteiger partial charge in [-0.2, -0.15) is 0 Å². The maximum absolute atomic E-state index is 6.06. The summed E-state index contributed by atoms with van der Waals surface area (Å²) in [6, 6.07) is 12.7. The first kappa shape index (κ1) is 13.7. The lowest BCUT2D eigenvalue weighted by molar-refractivity contribution is 0.974. The van der Waals surface area contributed by atoms with Crippen LogP contribution in [0.15, 0.2) is 47.2 Å². The molecule has 1 aromatic carbocycles. The summed E-state index contributed by atoms with van der Waals surface area (Å²) in [7, 11) is 0. The zero-order valence-corrected chi connectivity index (χ0v) is 13.7. The van der Waals surface area contributed by atoms with Crippen molar-refractivity contribution in [1.82, 2.24) is 9.38 Å². The van der Waals surface area contributed by atoms with Crippen LogP contribution in [0.5, 0.6) is 0 Å². The van der Waals surface area contributed by atoms with Crippen molar-refractivity contribution in [2.75, 3.05) is 0 Å². The number of hydrogen-bond donors (Lipinski definition) is 1. The number of nitrogens with zero attached hydrogens (tertiary/aromatic N) is 2. The number of imidazole rings is 1. The molecule has 4 aromatic rings. The van der Waals surface area contributed by atoms with Crippen LogP contribution in [0.25, 0.3) is 26.8 Å². The smallest absolute Gasteiger partial charge is 0.195 e. The number of nitrogens with two attached hydrogens (primary N) is 1. The van der Waals surface area contributed by atoms with Gasteiger partial charge >= 0.3 is 0 Å². The molecule has 5 heteroatoms. The van der Waals surface area contributed by atoms with Gasteiger partial charge in [-0.15, -0.1) is 22.7 Å². The second-order valence-corrected chi connectivity index (χ2v) is 6.98. The Bertz CT molecular complexity index is 915. The predicted octanol–water partition coefficient (Wildman–Crippen LogP) is 4.56. The van der Waals surface area contributed by atoms with Crippen LogP contribution in [0.1, 0.15) is 11.3 Å². The fourth-order valence-corrected chi connectivity index (χ4v) is 4.36. The first-order chi connectivity index (χ1) is 10.8. The molecule has 0 fully saturated rings. The Morgan fingerprint density at radius 2 is 1.95 bits per heavy atom. The van der Waals surface area contributed by atoms with E-state index in [1.165, 1.54) is 16.1 Å². The predicted molar refractivity (Wildman–Crippen MR) is 94.4 cm³/mol. The van der Waals surface area contributed by atoms with Crippen LogP contribution in [0.4, 0.5) is 0 Å². The van der Waals surface area contributed by atoms with Crippen LogP contribution in [-0.4, -0.2) is 9.38 Å². The number of hydrogen-bond acceptors (Lipinski definition) is 4. The summed E-state index contributed by atoms with van der Waals surface area (Å²) in [5.41, 5.74) is 11.7. The van der Waals surface area contributed by atoms with Gasteiger partial charge in [-0.1, -0.05) is 35.9 Å². The molecule has 0 saturated carbocycles. The van der Waals surface area contributed by atoms with Crippen LogP contribution in [0.2, 0.25) is 0 Å². The first-order valence-corrected chi connectivity index (χ1v) is 8.83. The monoisotopic (exact) mass is 325 g/mol. The molecule has 3 aromatic heterocycles. The van der Waals surface area contributed by atoms with Crippen LogP contribution in [0, 0.1) is 6.92 Å². The molecule has 110 valence electrons. The Morgan fingerprint density at radius 3 is 2.64 bits per heavy atom. The van der Waals surface area contributed by atoms with E-state index in [9.17, 15) is 0 Å². The second-order valence-electron chi connectivity index (χ2n) is 5.19. The molecule has 0 spiro atoms. The van der Waals surface area contributed by atoms with E-state index < -0.39 is 0 Å². The Labute approximate surface area is 136 Å². The number of thiazole rings is 1. The zero-order chi connectivity index (χ0) is 15.1. The van der Waals surface area contributed by atoms with Crippen molar-refractivity contribution in [3.8, 4) is 21.8 Å². The molecule has 0 atom stereocenters. The fourth-order valence-electron chi connectivity index (χ4n) is 2.64. The van der Waals surface area contributed by atoms with Gasteiger partial charge in [-0.05, 0) is 18.4 Å². The van der Waals surface area contributed by atoms with Crippen LogP contribution in [0.3, 0.4) is 0 Å². The molecular formula is C17H15N3S2. The van der Waals surface area contributed by atoms with E-state index in [-0.39, 0.29) is 0 Å². The van der Waals surface area contributed by atoms with E-state index in [0.717, 1.165) is 21.9 Å².